The molecule has 185 valence electrons. The van der Waals surface area contributed by atoms with E-state index < -0.39 is 10.0 Å². The molecule has 1 aliphatic rings. The third-order valence-electron chi connectivity index (χ3n) is 4.35. The number of hydrogen-bond donors (Lipinski definition) is 2. The third kappa shape index (κ3) is 6.88. The van der Waals surface area contributed by atoms with Gasteiger partial charge >= 0.3 is 25.2 Å². The number of thiazole rings is 1. The Morgan fingerprint density at radius 1 is 1.20 bits per heavy atom. The number of nitrogens with one attached hydrogen (secondary N) is 2. The molecule has 0 radical (unpaired) electrons. The van der Waals surface area contributed by atoms with E-state index in [0.29, 0.717) is 26.3 Å². The molecule has 1 aliphatic heterocycles. The fraction of sp³-hybridized carbons (Fsp3) is 0.0500. The average Bonchev–Trinajstić information content (AvgIpc) is 3.47. The molecule has 0 atom stereocenters. The van der Waals surface area contributed by atoms with Crippen LogP contribution in [0.3, 0.4) is 0 Å². The summed E-state index contributed by atoms with van der Waals surface area (Å²) in [5.74, 6) is 0.175. The van der Waals surface area contributed by atoms with E-state index in [1.165, 1.54) is 46.8 Å². The van der Waals surface area contributed by atoms with Crippen molar-refractivity contribution in [2.75, 3.05) is 9.73 Å². The summed E-state index contributed by atoms with van der Waals surface area (Å²) in [6, 6.07) is 15.3. The van der Waals surface area contributed by atoms with Crippen LogP contribution in [-0.2, 0) is 37.8 Å². The first-order chi connectivity index (χ1) is 16.8. The summed E-state index contributed by atoms with van der Waals surface area (Å²) in [7, 11) is 0.471. The molecular weight excluding hydrogens is 598 g/mol. The Morgan fingerprint density at radius 3 is 2.51 bits per heavy atom. The van der Waals surface area contributed by atoms with Crippen LogP contribution in [0.5, 0.6) is 0 Å². The molecule has 15 heteroatoms. The maximum atomic E-state index is 12.4. The van der Waals surface area contributed by atoms with E-state index in [1.54, 1.807) is 12.3 Å². The fourth-order valence-corrected chi connectivity index (χ4v) is 5.50. The van der Waals surface area contributed by atoms with E-state index in [9.17, 15) is 8.42 Å². The van der Waals surface area contributed by atoms with Crippen molar-refractivity contribution < 1.29 is 23.5 Å². The molecular formula is C20H16ClCuN7O2S4. The second-order valence-electron chi connectivity index (χ2n) is 6.55. The molecule has 0 aliphatic carbocycles. The minimum atomic E-state index is -3.73. The molecule has 2 aromatic carbocycles. The van der Waals surface area contributed by atoms with Gasteiger partial charge in [0.15, 0.2) is 11.0 Å². The summed E-state index contributed by atoms with van der Waals surface area (Å²) in [6.07, 6.45) is 1.52. The molecule has 0 fully saturated rings. The topological polar surface area (TPSA) is 123 Å². The number of benzene rings is 2. The summed E-state index contributed by atoms with van der Waals surface area (Å²) < 4.78 is 31.6. The monoisotopic (exact) mass is 612 g/mol. The van der Waals surface area contributed by atoms with Gasteiger partial charge in [0.05, 0.1) is 22.0 Å². The number of rotatable bonds is 7. The number of hydrazone groups is 1. The summed E-state index contributed by atoms with van der Waals surface area (Å²) in [5, 5.41) is 20.4. The Balaban J connectivity index is 0.00000167. The molecule has 0 saturated heterocycles. The second kappa shape index (κ2) is 12.6. The van der Waals surface area contributed by atoms with Crippen LogP contribution in [-0.4, -0.2) is 24.9 Å². The predicted molar refractivity (Wildman–Crippen MR) is 141 cm³/mol. The zero-order chi connectivity index (χ0) is 25.4. The van der Waals surface area contributed by atoms with Crippen LogP contribution < -0.4 is 9.73 Å². The zero-order valence-corrected chi connectivity index (χ0v) is 22.7. The van der Waals surface area contributed by atoms with Gasteiger partial charge in [-0.15, -0.1) is 25.2 Å². The van der Waals surface area contributed by atoms with Gasteiger partial charge in [0, 0.05) is 29.1 Å². The average molecular weight is 614 g/mol. The van der Waals surface area contributed by atoms with E-state index in [2.05, 4.69) is 49.6 Å². The van der Waals surface area contributed by atoms with Crippen LogP contribution in [0.1, 0.15) is 6.92 Å². The Hall–Kier alpha value is -2.32. The molecule has 35 heavy (non-hydrogen) atoms. The van der Waals surface area contributed by atoms with E-state index in [1.807, 2.05) is 30.3 Å². The number of halogens is 1. The van der Waals surface area contributed by atoms with Gasteiger partial charge in [-0.25, -0.2) is 18.4 Å². The van der Waals surface area contributed by atoms with Gasteiger partial charge in [0.1, 0.15) is 0 Å². The molecule has 9 nitrogen and oxygen atoms in total. The second-order valence-corrected chi connectivity index (χ2v) is 10.6. The minimum absolute atomic E-state index is 0.0858. The molecule has 0 unspecified atom stereocenters. The van der Waals surface area contributed by atoms with Gasteiger partial charge in [0.25, 0.3) is 10.0 Å². The molecule has 2 N–H and O–H groups in total. The number of hydrogen-bond acceptors (Lipinski definition) is 10. The van der Waals surface area contributed by atoms with Crippen molar-refractivity contribution in [1.82, 2.24) is 4.98 Å². The van der Waals surface area contributed by atoms with Gasteiger partial charge in [-0.05, 0) is 43.3 Å². The predicted octanol–water partition coefficient (Wildman–Crippen LogP) is 5.99. The van der Waals surface area contributed by atoms with Gasteiger partial charge in [-0.3, -0.25) is 10.1 Å². The molecule has 0 amide bonds. The van der Waals surface area contributed by atoms with E-state index in [0.717, 1.165) is 17.6 Å². The van der Waals surface area contributed by atoms with Crippen molar-refractivity contribution >= 4 is 84.1 Å². The van der Waals surface area contributed by atoms with Crippen LogP contribution in [0.25, 0.3) is 0 Å². The number of para-hydroxylation sites is 1. The number of sulfonamides is 1. The third-order valence-corrected chi connectivity index (χ3v) is 7.48. The number of nitrogens with zero attached hydrogens (tertiary/aromatic N) is 5. The van der Waals surface area contributed by atoms with Gasteiger partial charge in [-0.1, -0.05) is 18.2 Å². The van der Waals surface area contributed by atoms with Crippen molar-refractivity contribution in [3.63, 3.8) is 0 Å². The first-order valence-electron chi connectivity index (χ1n) is 9.48. The molecule has 0 spiro atoms. The van der Waals surface area contributed by atoms with E-state index in [-0.39, 0.29) is 10.7 Å². The van der Waals surface area contributed by atoms with Crippen LogP contribution in [0.4, 0.5) is 16.5 Å². The Morgan fingerprint density at radius 2 is 1.89 bits per heavy atom. The first-order valence-corrected chi connectivity index (χ1v) is 14.3. The van der Waals surface area contributed by atoms with E-state index in [4.69, 9.17) is 18.0 Å². The zero-order valence-electron chi connectivity index (χ0n) is 17.7. The first kappa shape index (κ1) is 27.3. The Kier molecular flexibility index (Phi) is 9.80. The van der Waals surface area contributed by atoms with Crippen molar-refractivity contribution in [3.8, 4) is 0 Å². The SMILES string of the molecule is CC1=NN(c2ccccc2)C(=N)/C1=C(/[S-])SN=Nc1ccc(S(=O)(=O)Nc2nccs2)cc1.[Cl][Cu+]. The normalized spacial score (nSPS) is 15.0. The van der Waals surface area contributed by atoms with Gasteiger partial charge < -0.3 is 12.6 Å². The maximum absolute atomic E-state index is 12.4. The summed E-state index contributed by atoms with van der Waals surface area (Å²) in [6.45, 7) is 1.79. The Labute approximate surface area is 228 Å². The molecule has 4 rings (SSSR count). The molecule has 0 bridgehead atoms. The summed E-state index contributed by atoms with van der Waals surface area (Å²) in [4.78, 5) is 4.00. The van der Waals surface area contributed by atoms with Gasteiger partial charge in [-0.2, -0.15) is 5.10 Å². The summed E-state index contributed by atoms with van der Waals surface area (Å²) >= 11 is 11.2. The van der Waals surface area contributed by atoms with Crippen LogP contribution in [0.2, 0.25) is 0 Å². The van der Waals surface area contributed by atoms with Gasteiger partial charge in [0.2, 0.25) is 0 Å². The van der Waals surface area contributed by atoms with Crippen LogP contribution in [0, 0.1) is 5.41 Å². The molecule has 0 saturated carbocycles. The number of amidine groups is 1. The quantitative estimate of drug-likeness (QED) is 0.146. The number of aromatic nitrogens is 1. The van der Waals surface area contributed by atoms with Crippen molar-refractivity contribution in [1.29, 1.82) is 5.41 Å². The standard InChI is InChI=1S/C20H17N7O2S4.ClH.Cu/c1-13-17(18(21)27(24-13)15-5-3-2-4-6-15)19(30)32-26-23-14-7-9-16(10-8-14)33(28,29)25-20-22-11-12-31-20;;/h2-12,21,30H,1H3,(H,22,25);1H;/q;;+2/p-2/b19-17-,21-18?,26-23?;;. The molecule has 2 heterocycles. The molecule has 1 aromatic heterocycles. The Bertz CT molecular complexity index is 1360. The summed E-state index contributed by atoms with van der Waals surface area (Å²) in [5.41, 5.74) is 2.37. The number of anilines is 2. The van der Waals surface area contributed by atoms with Crippen LogP contribution in [0.15, 0.2) is 95.6 Å². The van der Waals surface area contributed by atoms with Crippen molar-refractivity contribution in [3.05, 3.63) is 76.0 Å². The van der Waals surface area contributed by atoms with E-state index >= 15 is 0 Å². The van der Waals surface area contributed by atoms with Crippen LogP contribution >= 0.6 is 33.4 Å². The fourth-order valence-electron chi connectivity index (χ4n) is 2.82. The van der Waals surface area contributed by atoms with Crippen molar-refractivity contribution in [2.24, 2.45) is 14.7 Å². The molecule has 3 aromatic rings. The van der Waals surface area contributed by atoms with Crippen molar-refractivity contribution in [2.45, 2.75) is 11.8 Å².